The van der Waals surface area contributed by atoms with Gasteiger partial charge in [-0.25, -0.2) is 0 Å². The minimum absolute atomic E-state index is 0.172. The van der Waals surface area contributed by atoms with Crippen molar-refractivity contribution in [3.8, 4) is 17.1 Å². The van der Waals surface area contributed by atoms with Crippen LogP contribution in [-0.4, -0.2) is 23.8 Å². The molecule has 0 spiro atoms. The summed E-state index contributed by atoms with van der Waals surface area (Å²) >= 11 is 1.58. The lowest BCUT2D eigenvalue weighted by atomic mass is 10.0. The number of hydrogen-bond acceptors (Lipinski definition) is 6. The molecule has 0 saturated carbocycles. The number of esters is 1. The number of rotatable bonds is 7. The molecule has 174 valence electrons. The van der Waals surface area contributed by atoms with E-state index >= 15 is 0 Å². The van der Waals surface area contributed by atoms with Crippen molar-refractivity contribution >= 4 is 17.7 Å². The van der Waals surface area contributed by atoms with Gasteiger partial charge in [0.05, 0.1) is 24.3 Å². The van der Waals surface area contributed by atoms with Gasteiger partial charge in [0.2, 0.25) is 0 Å². The number of ether oxygens (including phenoxy) is 2. The van der Waals surface area contributed by atoms with Crippen molar-refractivity contribution in [3.05, 3.63) is 65.4 Å². The zero-order valence-corrected chi connectivity index (χ0v) is 18.7. The molecule has 0 fully saturated rings. The lowest BCUT2D eigenvalue weighted by Gasteiger charge is -2.25. The molecule has 5 nitrogen and oxygen atoms in total. The van der Waals surface area contributed by atoms with E-state index in [2.05, 4.69) is 11.2 Å². The van der Waals surface area contributed by atoms with E-state index in [0.717, 1.165) is 41.2 Å². The molecule has 2 heterocycles. The third-order valence-electron chi connectivity index (χ3n) is 5.20. The maximum atomic E-state index is 12.7. The Balaban J connectivity index is 1.34. The van der Waals surface area contributed by atoms with Crippen LogP contribution in [0.3, 0.4) is 0 Å². The molecule has 1 aliphatic heterocycles. The molecule has 1 aliphatic rings. The zero-order valence-electron chi connectivity index (χ0n) is 17.9. The fourth-order valence-electron chi connectivity index (χ4n) is 3.56. The quantitative estimate of drug-likeness (QED) is 0.294. The number of hydrogen-bond donors (Lipinski definition) is 0. The normalized spacial score (nSPS) is 15.6. The second-order valence-corrected chi connectivity index (χ2v) is 8.65. The van der Waals surface area contributed by atoms with E-state index in [-0.39, 0.29) is 18.5 Å². The van der Waals surface area contributed by atoms with Gasteiger partial charge >= 0.3 is 12.1 Å². The summed E-state index contributed by atoms with van der Waals surface area (Å²) in [4.78, 5) is 12.7. The summed E-state index contributed by atoms with van der Waals surface area (Å²) in [6, 6.07) is 12.5. The molecule has 2 aromatic carbocycles. The molecule has 0 radical (unpaired) electrons. The van der Waals surface area contributed by atoms with Crippen molar-refractivity contribution in [2.75, 3.05) is 6.61 Å². The molecule has 0 N–H and O–H groups in total. The van der Waals surface area contributed by atoms with Gasteiger partial charge in [-0.05, 0) is 55.7 Å². The van der Waals surface area contributed by atoms with E-state index in [4.69, 9.17) is 14.0 Å². The standard InChI is InChI=1S/C24H22F3NO4S/c1-2-30-23(29)13-19-8-5-16-11-20(9-10-21(16)31-19)33-14-18-12-22(32-28-18)15-3-6-17(7-4-15)24(25,26)27/h3-4,6-7,9-12,19H,2,5,8,13-14H2,1H3. The molecule has 4 rings (SSSR count). The van der Waals surface area contributed by atoms with Crippen molar-refractivity contribution in [1.29, 1.82) is 0 Å². The monoisotopic (exact) mass is 477 g/mol. The third kappa shape index (κ3) is 5.90. The largest absolute Gasteiger partial charge is 0.490 e. The van der Waals surface area contributed by atoms with Gasteiger partial charge in [0.15, 0.2) is 5.76 Å². The van der Waals surface area contributed by atoms with Crippen LogP contribution in [0.5, 0.6) is 5.75 Å². The summed E-state index contributed by atoms with van der Waals surface area (Å²) in [6.07, 6.45) is -2.73. The van der Waals surface area contributed by atoms with Crippen LogP contribution in [0.2, 0.25) is 0 Å². The summed E-state index contributed by atoms with van der Waals surface area (Å²) in [5, 5.41) is 4.03. The second kappa shape index (κ2) is 9.91. The number of aryl methyl sites for hydroxylation is 1. The molecular formula is C24H22F3NO4S. The van der Waals surface area contributed by atoms with Crippen molar-refractivity contribution in [2.24, 2.45) is 0 Å². The number of thioether (sulfide) groups is 1. The molecule has 9 heteroatoms. The molecule has 1 atom stereocenters. The van der Waals surface area contributed by atoms with E-state index in [0.29, 0.717) is 29.4 Å². The van der Waals surface area contributed by atoms with Crippen LogP contribution in [0.25, 0.3) is 11.3 Å². The van der Waals surface area contributed by atoms with Gasteiger partial charge in [-0.1, -0.05) is 17.3 Å². The van der Waals surface area contributed by atoms with Crippen molar-refractivity contribution in [2.45, 2.75) is 49.1 Å². The first kappa shape index (κ1) is 23.2. The minimum atomic E-state index is -4.37. The molecule has 33 heavy (non-hydrogen) atoms. The summed E-state index contributed by atoms with van der Waals surface area (Å²) in [6.45, 7) is 2.14. The van der Waals surface area contributed by atoms with Crippen LogP contribution >= 0.6 is 11.8 Å². The fraction of sp³-hybridized carbons (Fsp3) is 0.333. The number of benzene rings is 2. The molecule has 1 aromatic heterocycles. The Hall–Kier alpha value is -2.94. The Morgan fingerprint density at radius 1 is 1.18 bits per heavy atom. The maximum absolute atomic E-state index is 12.7. The fourth-order valence-corrected chi connectivity index (χ4v) is 4.40. The number of fused-ring (bicyclic) bond motifs is 1. The highest BCUT2D eigenvalue weighted by Gasteiger charge is 2.30. The van der Waals surface area contributed by atoms with E-state index in [1.54, 1.807) is 24.8 Å². The Morgan fingerprint density at radius 2 is 1.97 bits per heavy atom. The maximum Gasteiger partial charge on any atom is 0.416 e. The summed E-state index contributed by atoms with van der Waals surface area (Å²) in [7, 11) is 0. The molecule has 0 aliphatic carbocycles. The first-order valence-electron chi connectivity index (χ1n) is 10.5. The van der Waals surface area contributed by atoms with E-state index in [1.807, 2.05) is 12.1 Å². The first-order valence-corrected chi connectivity index (χ1v) is 11.5. The predicted molar refractivity (Wildman–Crippen MR) is 117 cm³/mol. The average molecular weight is 478 g/mol. The topological polar surface area (TPSA) is 61.6 Å². The number of nitrogens with zero attached hydrogens (tertiary/aromatic N) is 1. The van der Waals surface area contributed by atoms with Gasteiger partial charge in [-0.2, -0.15) is 13.2 Å². The Labute approximate surface area is 193 Å². The Kier molecular flexibility index (Phi) is 6.97. The molecule has 0 amide bonds. The summed E-state index contributed by atoms with van der Waals surface area (Å²) in [5.74, 6) is 1.51. The van der Waals surface area contributed by atoms with Crippen molar-refractivity contribution < 1.29 is 32.0 Å². The summed E-state index contributed by atoms with van der Waals surface area (Å²) in [5.41, 5.74) is 1.62. The number of halogens is 3. The van der Waals surface area contributed by atoms with Gasteiger partial charge in [-0.15, -0.1) is 11.8 Å². The lowest BCUT2D eigenvalue weighted by molar-refractivity contribution is -0.145. The minimum Gasteiger partial charge on any atom is -0.490 e. The lowest BCUT2D eigenvalue weighted by Crippen LogP contribution is -2.26. The molecule has 3 aromatic rings. The van der Waals surface area contributed by atoms with Crippen LogP contribution < -0.4 is 4.74 Å². The number of carbonyl (C=O) groups is 1. The van der Waals surface area contributed by atoms with E-state index in [9.17, 15) is 18.0 Å². The van der Waals surface area contributed by atoms with Crippen LogP contribution in [0, 0.1) is 0 Å². The van der Waals surface area contributed by atoms with Crippen molar-refractivity contribution in [1.82, 2.24) is 5.16 Å². The zero-order chi connectivity index (χ0) is 23.4. The van der Waals surface area contributed by atoms with Gasteiger partial charge in [-0.3, -0.25) is 4.79 Å². The van der Waals surface area contributed by atoms with Gasteiger partial charge in [0.25, 0.3) is 0 Å². The highest BCUT2D eigenvalue weighted by Crippen LogP contribution is 2.34. The number of carbonyl (C=O) groups excluding carboxylic acids is 1. The van der Waals surface area contributed by atoms with Crippen molar-refractivity contribution in [3.63, 3.8) is 0 Å². The van der Waals surface area contributed by atoms with Gasteiger partial charge in [0.1, 0.15) is 11.9 Å². The van der Waals surface area contributed by atoms with Gasteiger partial charge in [0, 0.05) is 22.3 Å². The smallest absolute Gasteiger partial charge is 0.416 e. The third-order valence-corrected chi connectivity index (χ3v) is 6.23. The molecule has 0 saturated heterocycles. The van der Waals surface area contributed by atoms with Crippen LogP contribution in [0.1, 0.15) is 36.6 Å². The predicted octanol–water partition coefficient (Wildman–Crippen LogP) is 6.30. The summed E-state index contributed by atoms with van der Waals surface area (Å²) < 4.78 is 54.4. The molecule has 1 unspecified atom stereocenters. The first-order chi connectivity index (χ1) is 15.8. The number of aromatic nitrogens is 1. The van der Waals surface area contributed by atoms with Gasteiger partial charge < -0.3 is 14.0 Å². The van der Waals surface area contributed by atoms with Crippen LogP contribution in [-0.2, 0) is 27.9 Å². The molecular weight excluding hydrogens is 455 g/mol. The van der Waals surface area contributed by atoms with E-state index < -0.39 is 11.7 Å². The second-order valence-electron chi connectivity index (χ2n) is 7.60. The van der Waals surface area contributed by atoms with E-state index in [1.165, 1.54) is 12.1 Å². The van der Waals surface area contributed by atoms with Crippen LogP contribution in [0.15, 0.2) is 57.9 Å². The SMILES string of the molecule is CCOC(=O)CC1CCc2cc(SCc3cc(-c4ccc(C(F)(F)F)cc4)on3)ccc2O1. The Bertz CT molecular complexity index is 1110. The number of alkyl halides is 3. The van der Waals surface area contributed by atoms with Crippen LogP contribution in [0.4, 0.5) is 13.2 Å². The molecule has 0 bridgehead atoms. The highest BCUT2D eigenvalue weighted by molar-refractivity contribution is 7.98. The Morgan fingerprint density at radius 3 is 2.70 bits per heavy atom. The average Bonchev–Trinajstić information content (AvgIpc) is 3.26. The highest BCUT2D eigenvalue weighted by atomic mass is 32.2.